The summed E-state index contributed by atoms with van der Waals surface area (Å²) in [7, 11) is 0. The first-order valence-electron chi connectivity index (χ1n) is 7.64. The molecule has 0 bridgehead atoms. The fourth-order valence-corrected chi connectivity index (χ4v) is 2.85. The lowest BCUT2D eigenvalue weighted by Crippen LogP contribution is -2.16. The number of ketones is 1. The maximum absolute atomic E-state index is 13.0. The van der Waals surface area contributed by atoms with Crippen LogP contribution < -0.4 is 14.8 Å². The smallest absolute Gasteiger partial charge is 0.195 e. The van der Waals surface area contributed by atoms with Gasteiger partial charge in [-0.25, -0.2) is 4.99 Å². The number of rotatable bonds is 3. The zero-order valence-corrected chi connectivity index (χ0v) is 15.4. The van der Waals surface area contributed by atoms with Gasteiger partial charge in [0.15, 0.2) is 28.6 Å². The molecule has 26 heavy (non-hydrogen) atoms. The van der Waals surface area contributed by atoms with Gasteiger partial charge in [0, 0.05) is 16.7 Å². The number of nitrogens with one attached hydrogen (secondary N) is 1. The molecular weight excluding hydrogens is 374 g/mol. The molecule has 6 nitrogen and oxygen atoms in total. The maximum atomic E-state index is 13.0. The molecule has 0 unspecified atom stereocenters. The van der Waals surface area contributed by atoms with Crippen molar-refractivity contribution in [3.05, 3.63) is 52.5 Å². The van der Waals surface area contributed by atoms with E-state index < -0.39 is 0 Å². The Morgan fingerprint density at radius 1 is 1.23 bits per heavy atom. The van der Waals surface area contributed by atoms with Gasteiger partial charge in [0.05, 0.1) is 11.3 Å². The van der Waals surface area contributed by atoms with Gasteiger partial charge in [-0.05, 0) is 36.6 Å². The first kappa shape index (κ1) is 18.1. The number of hydrogen-bond acceptors (Lipinski definition) is 6. The maximum Gasteiger partial charge on any atom is 0.195 e. The number of amidine groups is 1. The average molecular weight is 388 g/mol. The molecule has 0 saturated carbocycles. The van der Waals surface area contributed by atoms with Crippen LogP contribution in [0.25, 0.3) is 0 Å². The summed E-state index contributed by atoms with van der Waals surface area (Å²) >= 11 is 7.16. The lowest BCUT2D eigenvalue weighted by atomic mass is 10.0. The Morgan fingerprint density at radius 3 is 2.50 bits per heavy atom. The molecule has 0 spiro atoms. The van der Waals surface area contributed by atoms with Crippen molar-refractivity contribution in [2.24, 2.45) is 4.99 Å². The summed E-state index contributed by atoms with van der Waals surface area (Å²) < 4.78 is 11.2. The van der Waals surface area contributed by atoms with Crippen molar-refractivity contribution in [1.82, 2.24) is 5.32 Å². The molecule has 132 valence electrons. The Balaban J connectivity index is 2.10. The Labute approximate surface area is 159 Å². The van der Waals surface area contributed by atoms with Crippen molar-refractivity contribution in [1.29, 1.82) is 5.26 Å². The lowest BCUT2D eigenvalue weighted by molar-refractivity contribution is 0.103. The molecule has 2 aromatic carbocycles. The Bertz CT molecular complexity index is 907. The number of halogens is 1. The van der Waals surface area contributed by atoms with Gasteiger partial charge < -0.3 is 9.47 Å². The minimum Gasteiger partial charge on any atom is -0.486 e. The summed E-state index contributed by atoms with van der Waals surface area (Å²) in [5, 5.41) is 12.2. The van der Waals surface area contributed by atoms with Crippen LogP contribution in [0, 0.1) is 11.5 Å². The number of aliphatic imine (C=N–C) groups is 1. The summed E-state index contributed by atoms with van der Waals surface area (Å²) in [6.07, 6.45) is 3.61. The zero-order chi connectivity index (χ0) is 18.5. The van der Waals surface area contributed by atoms with Crippen LogP contribution in [0.2, 0.25) is 5.02 Å². The van der Waals surface area contributed by atoms with E-state index in [0.717, 1.165) is 0 Å². The number of ether oxygens (including phenoxy) is 2. The number of thioether (sulfide) groups is 1. The highest BCUT2D eigenvalue weighted by Gasteiger charge is 2.21. The highest BCUT2D eigenvalue weighted by Crippen LogP contribution is 2.38. The summed E-state index contributed by atoms with van der Waals surface area (Å²) in [6.45, 7) is 0.836. The van der Waals surface area contributed by atoms with Gasteiger partial charge in [-0.3, -0.25) is 10.1 Å². The van der Waals surface area contributed by atoms with E-state index in [-0.39, 0.29) is 5.78 Å². The molecule has 0 atom stereocenters. The number of nitriles is 1. The van der Waals surface area contributed by atoms with E-state index in [0.29, 0.717) is 51.7 Å². The van der Waals surface area contributed by atoms with Crippen LogP contribution in [0.1, 0.15) is 15.9 Å². The third kappa shape index (κ3) is 3.93. The predicted octanol–water partition coefficient (Wildman–Crippen LogP) is 3.76. The van der Waals surface area contributed by atoms with E-state index in [1.807, 2.05) is 6.19 Å². The second-order valence-corrected chi connectivity index (χ2v) is 6.44. The quantitative estimate of drug-likeness (QED) is 0.284. The summed E-state index contributed by atoms with van der Waals surface area (Å²) in [6, 6.07) is 9.87. The number of hydrogen-bond donors (Lipinski definition) is 1. The van der Waals surface area contributed by atoms with Gasteiger partial charge in [-0.1, -0.05) is 23.4 Å². The van der Waals surface area contributed by atoms with Crippen molar-refractivity contribution in [2.45, 2.75) is 0 Å². The predicted molar refractivity (Wildman–Crippen MR) is 102 cm³/mol. The van der Waals surface area contributed by atoms with Gasteiger partial charge in [-0.2, -0.15) is 5.26 Å². The second kappa shape index (κ2) is 8.13. The third-order valence-electron chi connectivity index (χ3n) is 3.59. The van der Waals surface area contributed by atoms with Gasteiger partial charge in [-0.15, -0.1) is 0 Å². The minimum atomic E-state index is -0.227. The summed E-state index contributed by atoms with van der Waals surface area (Å²) in [4.78, 5) is 17.4. The van der Waals surface area contributed by atoms with Gasteiger partial charge >= 0.3 is 0 Å². The Kier molecular flexibility index (Phi) is 5.66. The standard InChI is InChI=1S/C18H14ClN3O3S/c1-26-18(21-10-20)22-14-9-16-15(24-6-7-25-16)8-13(14)17(23)11-2-4-12(19)5-3-11/h2-5,8-9H,6-7H2,1H3,(H,21,22). The zero-order valence-electron chi connectivity index (χ0n) is 13.8. The van der Waals surface area contributed by atoms with Gasteiger partial charge in [0.1, 0.15) is 13.2 Å². The minimum absolute atomic E-state index is 0.227. The highest BCUT2D eigenvalue weighted by molar-refractivity contribution is 8.13. The Morgan fingerprint density at radius 2 is 1.88 bits per heavy atom. The van der Waals surface area contributed by atoms with Crippen molar-refractivity contribution in [3.8, 4) is 17.7 Å². The van der Waals surface area contributed by atoms with Crippen LogP contribution in [0.4, 0.5) is 5.69 Å². The molecule has 0 radical (unpaired) electrons. The van der Waals surface area contributed by atoms with E-state index in [2.05, 4.69) is 10.3 Å². The number of fused-ring (bicyclic) bond motifs is 1. The fourth-order valence-electron chi connectivity index (χ4n) is 2.39. The van der Waals surface area contributed by atoms with E-state index in [1.165, 1.54) is 11.8 Å². The van der Waals surface area contributed by atoms with Crippen molar-refractivity contribution >= 4 is 40.0 Å². The molecule has 0 amide bonds. The van der Waals surface area contributed by atoms with Crippen LogP contribution >= 0.6 is 23.4 Å². The molecule has 1 heterocycles. The number of nitrogens with zero attached hydrogens (tertiary/aromatic N) is 2. The third-order valence-corrected chi connectivity index (χ3v) is 4.42. The molecule has 0 saturated heterocycles. The first-order chi connectivity index (χ1) is 12.6. The fraction of sp³-hybridized carbons (Fsp3) is 0.167. The van der Waals surface area contributed by atoms with E-state index in [1.54, 1.807) is 42.7 Å². The molecule has 8 heteroatoms. The van der Waals surface area contributed by atoms with E-state index in [4.69, 9.17) is 26.3 Å². The molecule has 2 aromatic rings. The molecule has 1 aliphatic rings. The van der Waals surface area contributed by atoms with Gasteiger partial charge in [0.25, 0.3) is 0 Å². The van der Waals surface area contributed by atoms with Gasteiger partial charge in [0.2, 0.25) is 0 Å². The first-order valence-corrected chi connectivity index (χ1v) is 9.24. The van der Waals surface area contributed by atoms with Crippen LogP contribution in [0.5, 0.6) is 11.5 Å². The van der Waals surface area contributed by atoms with Crippen LogP contribution in [-0.4, -0.2) is 30.4 Å². The molecule has 1 N–H and O–H groups in total. The SMILES string of the molecule is CSC(=Nc1cc2c(cc1C(=O)c1ccc(Cl)cc1)OCCO2)NC#N. The largest absolute Gasteiger partial charge is 0.486 e. The van der Waals surface area contributed by atoms with Crippen molar-refractivity contribution in [2.75, 3.05) is 19.5 Å². The van der Waals surface area contributed by atoms with E-state index in [9.17, 15) is 4.79 Å². The lowest BCUT2D eigenvalue weighted by Gasteiger charge is -2.20. The molecule has 0 aliphatic carbocycles. The highest BCUT2D eigenvalue weighted by atomic mass is 35.5. The van der Waals surface area contributed by atoms with E-state index >= 15 is 0 Å². The molecule has 1 aliphatic heterocycles. The molecular formula is C18H14ClN3O3S. The summed E-state index contributed by atoms with van der Waals surface area (Å²) in [5.41, 5.74) is 1.21. The van der Waals surface area contributed by atoms with Crippen molar-refractivity contribution < 1.29 is 14.3 Å². The number of carbonyl (C=O) groups is 1. The van der Waals surface area contributed by atoms with Crippen LogP contribution in [-0.2, 0) is 0 Å². The summed E-state index contributed by atoms with van der Waals surface area (Å²) in [5.74, 6) is 0.779. The number of benzene rings is 2. The molecule has 0 fully saturated rings. The van der Waals surface area contributed by atoms with Crippen LogP contribution in [0.3, 0.4) is 0 Å². The number of carbonyl (C=O) groups excluding carboxylic acids is 1. The van der Waals surface area contributed by atoms with Crippen molar-refractivity contribution in [3.63, 3.8) is 0 Å². The van der Waals surface area contributed by atoms with Crippen LogP contribution in [0.15, 0.2) is 41.4 Å². The molecule has 3 rings (SSSR count). The normalized spacial score (nSPS) is 13.0. The molecule has 0 aromatic heterocycles. The Hall–Kier alpha value is -2.69. The monoisotopic (exact) mass is 387 g/mol. The average Bonchev–Trinajstić information content (AvgIpc) is 2.67. The topological polar surface area (TPSA) is 83.7 Å². The second-order valence-electron chi connectivity index (χ2n) is 5.21.